The van der Waals surface area contributed by atoms with Gasteiger partial charge in [-0.1, -0.05) is 24.3 Å². The van der Waals surface area contributed by atoms with Gasteiger partial charge in [-0.05, 0) is 48.9 Å². The number of thiazole rings is 1. The van der Waals surface area contributed by atoms with Gasteiger partial charge < -0.3 is 14.8 Å². The summed E-state index contributed by atoms with van der Waals surface area (Å²) < 4.78 is 14.0. The number of carbonyl (C=O) groups is 2. The Hall–Kier alpha value is -3.56. The molecule has 7 nitrogen and oxygen atoms in total. The molecule has 0 bridgehead atoms. The van der Waals surface area contributed by atoms with Crippen molar-refractivity contribution in [1.82, 2.24) is 9.71 Å². The first-order valence-corrected chi connectivity index (χ1v) is 11.6. The molecule has 9 heteroatoms. The number of rotatable bonds is 5. The lowest BCUT2D eigenvalue weighted by Gasteiger charge is -2.11. The molecule has 2 amide bonds. The van der Waals surface area contributed by atoms with Gasteiger partial charge in [-0.15, -0.1) is 11.3 Å². The van der Waals surface area contributed by atoms with Gasteiger partial charge in [0.1, 0.15) is 5.01 Å². The fourth-order valence-corrected chi connectivity index (χ4v) is 4.59. The van der Waals surface area contributed by atoms with Crippen molar-refractivity contribution in [2.45, 2.75) is 6.92 Å². The van der Waals surface area contributed by atoms with Crippen molar-refractivity contribution in [1.29, 1.82) is 0 Å². The van der Waals surface area contributed by atoms with Crippen LogP contribution in [0.5, 0.6) is 11.5 Å². The van der Waals surface area contributed by atoms with Crippen LogP contribution in [0.1, 0.15) is 15.9 Å². The smallest absolute Gasteiger partial charge is 0.329 e. The highest BCUT2D eigenvalue weighted by atomic mass is 32.2. The number of carbonyl (C=O) groups excluding carboxylic acids is 2. The number of hydrogen-bond acceptors (Lipinski definition) is 7. The fraction of sp³-hybridized carbons (Fsp3) is 0.125. The first-order chi connectivity index (χ1) is 16.0. The van der Waals surface area contributed by atoms with E-state index in [2.05, 4.69) is 15.0 Å². The summed E-state index contributed by atoms with van der Waals surface area (Å²) in [7, 11) is 3.02. The zero-order valence-corrected chi connectivity index (χ0v) is 19.8. The Labute approximate surface area is 199 Å². The molecule has 168 valence electrons. The van der Waals surface area contributed by atoms with Gasteiger partial charge >= 0.3 is 6.03 Å². The van der Waals surface area contributed by atoms with Crippen LogP contribution in [0, 0.1) is 6.92 Å². The maximum Gasteiger partial charge on any atom is 0.329 e. The Morgan fingerprint density at radius 2 is 1.76 bits per heavy atom. The molecule has 0 radical (unpaired) electrons. The van der Waals surface area contributed by atoms with Crippen LogP contribution in [0.15, 0.2) is 60.7 Å². The number of nitrogens with one attached hydrogen (secondary N) is 2. The van der Waals surface area contributed by atoms with Crippen LogP contribution in [0.4, 0.5) is 10.5 Å². The highest BCUT2D eigenvalue weighted by Gasteiger charge is 2.14. The van der Waals surface area contributed by atoms with Crippen molar-refractivity contribution in [2.75, 3.05) is 19.5 Å². The Morgan fingerprint density at radius 3 is 2.52 bits per heavy atom. The third-order valence-electron chi connectivity index (χ3n) is 4.88. The van der Waals surface area contributed by atoms with Crippen molar-refractivity contribution < 1.29 is 19.1 Å². The highest BCUT2D eigenvalue weighted by Crippen LogP contribution is 2.32. The molecule has 1 aromatic heterocycles. The number of amides is 2. The summed E-state index contributed by atoms with van der Waals surface area (Å²) in [4.78, 5) is 29.6. The van der Waals surface area contributed by atoms with Crippen molar-refractivity contribution in [2.24, 2.45) is 0 Å². The number of anilines is 1. The van der Waals surface area contributed by atoms with E-state index in [1.807, 2.05) is 49.4 Å². The number of methoxy groups -OCH3 is 2. The van der Waals surface area contributed by atoms with Crippen LogP contribution >= 0.6 is 23.3 Å². The molecule has 0 aliphatic rings. The maximum atomic E-state index is 12.5. The van der Waals surface area contributed by atoms with Gasteiger partial charge in [0.2, 0.25) is 5.12 Å². The van der Waals surface area contributed by atoms with E-state index < -0.39 is 6.03 Å². The number of fused-ring (bicyclic) bond motifs is 1. The first-order valence-electron chi connectivity index (χ1n) is 9.95. The monoisotopic (exact) mass is 479 g/mol. The van der Waals surface area contributed by atoms with Crippen molar-refractivity contribution in [3.63, 3.8) is 0 Å². The summed E-state index contributed by atoms with van der Waals surface area (Å²) in [5, 5.41) is 3.36. The van der Waals surface area contributed by atoms with Gasteiger partial charge in [-0.3, -0.25) is 9.52 Å². The first kappa shape index (κ1) is 22.6. The van der Waals surface area contributed by atoms with Crippen molar-refractivity contribution in [3.8, 4) is 22.1 Å². The Balaban J connectivity index is 1.43. The van der Waals surface area contributed by atoms with Gasteiger partial charge in [-0.2, -0.15) is 0 Å². The Bertz CT molecular complexity index is 1300. The van der Waals surface area contributed by atoms with Crippen LogP contribution in [0.25, 0.3) is 20.8 Å². The summed E-state index contributed by atoms with van der Waals surface area (Å²) in [6, 6.07) is 18.1. The fourth-order valence-electron chi connectivity index (χ4n) is 3.15. The number of para-hydroxylation sites is 1. The van der Waals surface area contributed by atoms with E-state index >= 15 is 0 Å². The Morgan fingerprint density at radius 1 is 0.970 bits per heavy atom. The Kier molecular flexibility index (Phi) is 6.81. The van der Waals surface area contributed by atoms with Crippen LogP contribution < -0.4 is 19.5 Å². The summed E-state index contributed by atoms with van der Waals surface area (Å²) in [6.45, 7) is 1.90. The molecule has 0 atom stereocenters. The molecule has 1 heterocycles. The van der Waals surface area contributed by atoms with Crippen molar-refractivity contribution in [3.05, 3.63) is 71.8 Å². The molecule has 0 fully saturated rings. The second kappa shape index (κ2) is 9.93. The molecule has 0 saturated carbocycles. The predicted octanol–water partition coefficient (Wildman–Crippen LogP) is 5.90. The topological polar surface area (TPSA) is 89.5 Å². The summed E-state index contributed by atoms with van der Waals surface area (Å²) in [6.07, 6.45) is 0. The number of nitrogens with zero attached hydrogens (tertiary/aromatic N) is 1. The lowest BCUT2D eigenvalue weighted by Crippen LogP contribution is -2.24. The minimum Gasteiger partial charge on any atom is -0.493 e. The van der Waals surface area contributed by atoms with E-state index in [1.165, 1.54) is 14.2 Å². The quantitative estimate of drug-likeness (QED) is 0.347. The lowest BCUT2D eigenvalue weighted by molar-refractivity contribution is 0.108. The van der Waals surface area contributed by atoms with Crippen LogP contribution in [-0.4, -0.2) is 30.3 Å². The molecule has 33 heavy (non-hydrogen) atoms. The molecule has 4 rings (SSSR count). The van der Waals surface area contributed by atoms with E-state index in [0.29, 0.717) is 34.7 Å². The average molecular weight is 480 g/mol. The summed E-state index contributed by atoms with van der Waals surface area (Å²) in [5.41, 5.74) is 3.77. The molecule has 0 spiro atoms. The standard InChI is InChI=1S/C24H21N3O4S2/c1-14-8-9-15(22-25-17-6-4-5-7-21(17)32-22)12-18(14)26-24(29)27-33-23(28)16-10-11-19(30-2)20(13-16)31-3/h4-13H,1-3H3,(H2,26,27,29). The number of hydrogen-bond donors (Lipinski definition) is 2. The van der Waals surface area contributed by atoms with Gasteiger partial charge in [0, 0.05) is 28.8 Å². The van der Waals surface area contributed by atoms with Gasteiger partial charge in [0.15, 0.2) is 11.5 Å². The SMILES string of the molecule is COc1ccc(C(=O)SNC(=O)Nc2cc(-c3nc4ccccc4s3)ccc2C)cc1OC. The molecular weight excluding hydrogens is 458 g/mol. The summed E-state index contributed by atoms with van der Waals surface area (Å²) in [5.74, 6) is 0.962. The van der Waals surface area contributed by atoms with E-state index in [-0.39, 0.29) is 5.12 Å². The molecule has 3 aromatic carbocycles. The molecule has 0 aliphatic carbocycles. The third kappa shape index (κ3) is 5.10. The number of ether oxygens (including phenoxy) is 2. The minimum absolute atomic E-state index is 0.328. The number of aromatic nitrogens is 1. The van der Waals surface area contributed by atoms with Crippen molar-refractivity contribution >= 4 is 50.3 Å². The lowest BCUT2D eigenvalue weighted by atomic mass is 10.1. The normalized spacial score (nSPS) is 10.6. The molecule has 0 unspecified atom stereocenters. The summed E-state index contributed by atoms with van der Waals surface area (Å²) >= 11 is 2.29. The second-order valence-corrected chi connectivity index (χ2v) is 8.84. The van der Waals surface area contributed by atoms with E-state index in [1.54, 1.807) is 29.5 Å². The molecular formula is C24H21N3O4S2. The van der Waals surface area contributed by atoms with E-state index in [4.69, 9.17) is 9.47 Å². The molecule has 0 saturated heterocycles. The van der Waals surface area contributed by atoms with Crippen LogP contribution in [0.2, 0.25) is 0 Å². The number of aryl methyl sites for hydroxylation is 1. The average Bonchev–Trinajstić information content (AvgIpc) is 3.27. The van der Waals surface area contributed by atoms with E-state index in [9.17, 15) is 9.59 Å². The third-order valence-corrected chi connectivity index (χ3v) is 6.68. The predicted molar refractivity (Wildman–Crippen MR) is 133 cm³/mol. The largest absolute Gasteiger partial charge is 0.493 e. The number of urea groups is 1. The van der Waals surface area contributed by atoms with Gasteiger partial charge in [0.05, 0.1) is 24.4 Å². The zero-order valence-electron chi connectivity index (χ0n) is 18.2. The second-order valence-electron chi connectivity index (χ2n) is 7.03. The molecule has 4 aromatic rings. The zero-order chi connectivity index (χ0) is 23.4. The molecule has 2 N–H and O–H groups in total. The van der Waals surface area contributed by atoms with Gasteiger partial charge in [0.25, 0.3) is 0 Å². The van der Waals surface area contributed by atoms with E-state index in [0.717, 1.165) is 26.4 Å². The molecule has 0 aliphatic heterocycles. The minimum atomic E-state index is -0.502. The van der Waals surface area contributed by atoms with Crippen LogP contribution in [-0.2, 0) is 0 Å². The van der Waals surface area contributed by atoms with Crippen LogP contribution in [0.3, 0.4) is 0 Å². The highest BCUT2D eigenvalue weighted by molar-refractivity contribution is 8.12. The number of benzene rings is 3. The van der Waals surface area contributed by atoms with Gasteiger partial charge in [-0.25, -0.2) is 9.78 Å². The maximum absolute atomic E-state index is 12.5.